The molecule has 0 aliphatic carbocycles. The summed E-state index contributed by atoms with van der Waals surface area (Å²) in [5.41, 5.74) is 6.91. The van der Waals surface area contributed by atoms with E-state index in [1.807, 2.05) is 6.92 Å². The number of anilines is 1. The summed E-state index contributed by atoms with van der Waals surface area (Å²) in [7, 11) is 0. The SMILES string of the molecule is CCCOc1cc(C(=O)OC[C@H](C(C)CC)N(CC)CC)ccc1N. The van der Waals surface area contributed by atoms with Gasteiger partial charge in [0.25, 0.3) is 0 Å². The van der Waals surface area contributed by atoms with Crippen molar-refractivity contribution in [3.05, 3.63) is 23.8 Å². The largest absolute Gasteiger partial charge is 0.491 e. The third kappa shape index (κ3) is 6.24. The molecule has 0 spiro atoms. The molecule has 0 bridgehead atoms. The first-order chi connectivity index (χ1) is 12.0. The smallest absolute Gasteiger partial charge is 0.338 e. The molecule has 1 rings (SSSR count). The molecule has 5 heteroatoms. The van der Waals surface area contributed by atoms with E-state index in [4.69, 9.17) is 15.2 Å². The topological polar surface area (TPSA) is 64.8 Å². The van der Waals surface area contributed by atoms with E-state index >= 15 is 0 Å². The van der Waals surface area contributed by atoms with Gasteiger partial charge in [0, 0.05) is 6.04 Å². The van der Waals surface area contributed by atoms with Crippen molar-refractivity contribution in [2.75, 3.05) is 32.0 Å². The van der Waals surface area contributed by atoms with Gasteiger partial charge in [-0.05, 0) is 43.6 Å². The van der Waals surface area contributed by atoms with Crippen molar-refractivity contribution in [2.24, 2.45) is 5.92 Å². The zero-order valence-electron chi connectivity index (χ0n) is 16.4. The van der Waals surface area contributed by atoms with Gasteiger partial charge < -0.3 is 15.2 Å². The molecule has 0 aliphatic rings. The van der Waals surface area contributed by atoms with Crippen molar-refractivity contribution in [1.82, 2.24) is 4.90 Å². The van der Waals surface area contributed by atoms with Gasteiger partial charge in [0.2, 0.25) is 0 Å². The van der Waals surface area contributed by atoms with Gasteiger partial charge in [-0.3, -0.25) is 4.90 Å². The summed E-state index contributed by atoms with van der Waals surface area (Å²) in [6.45, 7) is 13.5. The van der Waals surface area contributed by atoms with Crippen LogP contribution in [0.15, 0.2) is 18.2 Å². The standard InChI is InChI=1S/C20H34N2O3/c1-6-12-24-19-13-16(10-11-17(19)21)20(23)25-14-18(15(5)7-2)22(8-3)9-4/h10-11,13,15,18H,6-9,12,14,21H2,1-5H3/t15?,18-/m1/s1. The van der Waals surface area contributed by atoms with E-state index in [0.29, 0.717) is 36.1 Å². The summed E-state index contributed by atoms with van der Waals surface area (Å²) in [4.78, 5) is 14.8. The average molecular weight is 351 g/mol. The number of ether oxygens (including phenoxy) is 2. The van der Waals surface area contributed by atoms with Crippen molar-refractivity contribution in [3.63, 3.8) is 0 Å². The normalized spacial score (nSPS) is 13.5. The number of nitrogens with two attached hydrogens (primary N) is 1. The van der Waals surface area contributed by atoms with Gasteiger partial charge in [0.1, 0.15) is 12.4 Å². The number of likely N-dealkylation sites (N-methyl/N-ethyl adjacent to an activating group) is 1. The maximum atomic E-state index is 12.5. The van der Waals surface area contributed by atoms with Crippen LogP contribution in [0.1, 0.15) is 57.8 Å². The molecule has 2 atom stereocenters. The Hall–Kier alpha value is -1.75. The number of carbonyl (C=O) groups is 1. The molecule has 0 aromatic heterocycles. The molecular weight excluding hydrogens is 316 g/mol. The Morgan fingerprint density at radius 1 is 1.20 bits per heavy atom. The van der Waals surface area contributed by atoms with E-state index in [2.05, 4.69) is 32.6 Å². The highest BCUT2D eigenvalue weighted by atomic mass is 16.5. The minimum Gasteiger partial charge on any atom is -0.491 e. The van der Waals surface area contributed by atoms with Gasteiger partial charge in [-0.1, -0.05) is 41.0 Å². The van der Waals surface area contributed by atoms with Crippen LogP contribution < -0.4 is 10.5 Å². The molecule has 0 saturated carbocycles. The fourth-order valence-corrected chi connectivity index (χ4v) is 2.84. The minimum atomic E-state index is -0.332. The Bertz CT molecular complexity index is 530. The number of hydrogen-bond donors (Lipinski definition) is 1. The highest BCUT2D eigenvalue weighted by Crippen LogP contribution is 2.24. The van der Waals surface area contributed by atoms with Crippen LogP contribution in [0.2, 0.25) is 0 Å². The minimum absolute atomic E-state index is 0.230. The molecular formula is C20H34N2O3. The molecule has 5 nitrogen and oxygen atoms in total. The summed E-state index contributed by atoms with van der Waals surface area (Å²) in [6.07, 6.45) is 1.93. The van der Waals surface area contributed by atoms with E-state index in [1.54, 1.807) is 18.2 Å². The van der Waals surface area contributed by atoms with E-state index in [-0.39, 0.29) is 12.0 Å². The molecule has 2 N–H and O–H groups in total. The summed E-state index contributed by atoms with van der Waals surface area (Å²) in [6, 6.07) is 5.28. The summed E-state index contributed by atoms with van der Waals surface area (Å²) in [5.74, 6) is 0.669. The Morgan fingerprint density at radius 2 is 1.88 bits per heavy atom. The van der Waals surface area contributed by atoms with Crippen molar-refractivity contribution < 1.29 is 14.3 Å². The fraction of sp³-hybridized carbons (Fsp3) is 0.650. The number of nitrogen functional groups attached to an aromatic ring is 1. The van der Waals surface area contributed by atoms with Gasteiger partial charge in [-0.15, -0.1) is 0 Å². The predicted molar refractivity (Wildman–Crippen MR) is 103 cm³/mol. The lowest BCUT2D eigenvalue weighted by molar-refractivity contribution is 0.0272. The van der Waals surface area contributed by atoms with E-state index in [9.17, 15) is 4.79 Å². The molecule has 0 fully saturated rings. The predicted octanol–water partition coefficient (Wildman–Crippen LogP) is 3.97. The number of benzene rings is 1. The van der Waals surface area contributed by atoms with Crippen molar-refractivity contribution in [3.8, 4) is 5.75 Å². The Labute approximate surface area is 152 Å². The molecule has 0 saturated heterocycles. The van der Waals surface area contributed by atoms with Crippen molar-refractivity contribution in [2.45, 2.75) is 53.5 Å². The van der Waals surface area contributed by atoms with Gasteiger partial charge in [-0.25, -0.2) is 4.79 Å². The molecule has 0 heterocycles. The van der Waals surface area contributed by atoms with E-state index in [0.717, 1.165) is 25.9 Å². The number of rotatable bonds is 11. The van der Waals surface area contributed by atoms with Gasteiger partial charge in [0.15, 0.2) is 0 Å². The van der Waals surface area contributed by atoms with Gasteiger partial charge in [-0.2, -0.15) is 0 Å². The number of esters is 1. The van der Waals surface area contributed by atoms with Crippen LogP contribution in [-0.2, 0) is 4.74 Å². The monoisotopic (exact) mass is 350 g/mol. The lowest BCUT2D eigenvalue weighted by Gasteiger charge is -2.33. The second kappa shape index (κ2) is 11.0. The Morgan fingerprint density at radius 3 is 2.44 bits per heavy atom. The third-order valence-electron chi connectivity index (χ3n) is 4.68. The lowest BCUT2D eigenvalue weighted by Crippen LogP contribution is -2.43. The van der Waals surface area contributed by atoms with E-state index in [1.165, 1.54) is 0 Å². The summed E-state index contributed by atoms with van der Waals surface area (Å²) >= 11 is 0. The van der Waals surface area contributed by atoms with Crippen LogP contribution in [-0.4, -0.2) is 43.2 Å². The summed E-state index contributed by atoms with van der Waals surface area (Å²) < 4.78 is 11.2. The van der Waals surface area contributed by atoms with Crippen molar-refractivity contribution in [1.29, 1.82) is 0 Å². The fourth-order valence-electron chi connectivity index (χ4n) is 2.84. The van der Waals surface area contributed by atoms with Crippen LogP contribution in [0, 0.1) is 5.92 Å². The number of carbonyl (C=O) groups excluding carboxylic acids is 1. The highest BCUT2D eigenvalue weighted by molar-refractivity contribution is 5.90. The lowest BCUT2D eigenvalue weighted by atomic mass is 9.98. The second-order valence-electron chi connectivity index (χ2n) is 6.37. The first-order valence-corrected chi connectivity index (χ1v) is 9.41. The molecule has 0 amide bonds. The molecule has 25 heavy (non-hydrogen) atoms. The number of hydrogen-bond acceptors (Lipinski definition) is 5. The van der Waals surface area contributed by atoms with Crippen LogP contribution in [0.4, 0.5) is 5.69 Å². The second-order valence-corrected chi connectivity index (χ2v) is 6.37. The van der Waals surface area contributed by atoms with Crippen LogP contribution >= 0.6 is 0 Å². The van der Waals surface area contributed by atoms with Crippen molar-refractivity contribution >= 4 is 11.7 Å². The first kappa shape index (κ1) is 21.3. The third-order valence-corrected chi connectivity index (χ3v) is 4.68. The molecule has 0 aliphatic heterocycles. The highest BCUT2D eigenvalue weighted by Gasteiger charge is 2.23. The van der Waals surface area contributed by atoms with Crippen LogP contribution in [0.3, 0.4) is 0 Å². The zero-order chi connectivity index (χ0) is 18.8. The molecule has 1 aromatic carbocycles. The first-order valence-electron chi connectivity index (χ1n) is 9.41. The number of nitrogens with zero attached hydrogens (tertiary/aromatic N) is 1. The summed E-state index contributed by atoms with van der Waals surface area (Å²) in [5, 5.41) is 0. The Kier molecular flexibility index (Phi) is 9.35. The maximum Gasteiger partial charge on any atom is 0.338 e. The van der Waals surface area contributed by atoms with Crippen LogP contribution in [0.5, 0.6) is 5.75 Å². The quantitative estimate of drug-likeness (QED) is 0.483. The van der Waals surface area contributed by atoms with Crippen LogP contribution in [0.25, 0.3) is 0 Å². The van der Waals surface area contributed by atoms with Gasteiger partial charge >= 0.3 is 5.97 Å². The maximum absolute atomic E-state index is 12.5. The average Bonchev–Trinajstić information content (AvgIpc) is 2.63. The molecule has 1 unspecified atom stereocenters. The Balaban J connectivity index is 2.79. The molecule has 142 valence electrons. The van der Waals surface area contributed by atoms with E-state index < -0.39 is 0 Å². The molecule has 1 aromatic rings. The zero-order valence-corrected chi connectivity index (χ0v) is 16.4. The molecule has 0 radical (unpaired) electrons. The van der Waals surface area contributed by atoms with Gasteiger partial charge in [0.05, 0.1) is 17.9 Å².